The molecule has 1 fully saturated rings. The summed E-state index contributed by atoms with van der Waals surface area (Å²) in [4.78, 5) is 15.0. The van der Waals surface area contributed by atoms with Gasteiger partial charge in [-0.1, -0.05) is 18.2 Å². The van der Waals surface area contributed by atoms with Crippen molar-refractivity contribution in [1.29, 1.82) is 5.26 Å². The predicted octanol–water partition coefficient (Wildman–Crippen LogP) is 3.82. The Bertz CT molecular complexity index is 989. The van der Waals surface area contributed by atoms with Crippen LogP contribution in [0, 0.1) is 24.2 Å². The number of amides is 1. The van der Waals surface area contributed by atoms with Crippen molar-refractivity contribution in [2.45, 2.75) is 19.8 Å². The second kappa shape index (κ2) is 7.12. The van der Waals surface area contributed by atoms with Gasteiger partial charge < -0.3 is 9.32 Å². The van der Waals surface area contributed by atoms with E-state index in [4.69, 9.17) is 9.68 Å². The molecule has 4 rings (SSSR count). The summed E-state index contributed by atoms with van der Waals surface area (Å²) in [6, 6.07) is 15.7. The molecule has 0 N–H and O–H groups in total. The van der Waals surface area contributed by atoms with Crippen molar-refractivity contribution in [3.05, 3.63) is 60.0 Å². The molecule has 0 atom stereocenters. The number of hydrogen-bond donors (Lipinski definition) is 0. The minimum absolute atomic E-state index is 0.0354. The van der Waals surface area contributed by atoms with Gasteiger partial charge in [-0.25, -0.2) is 4.68 Å². The van der Waals surface area contributed by atoms with Crippen LogP contribution in [-0.2, 0) is 0 Å². The Morgan fingerprint density at radius 2 is 1.93 bits per heavy atom. The maximum absolute atomic E-state index is 13.2. The second-order valence-corrected chi connectivity index (χ2v) is 6.78. The van der Waals surface area contributed by atoms with Gasteiger partial charge in [-0.2, -0.15) is 10.4 Å². The van der Waals surface area contributed by atoms with Crippen LogP contribution in [0.4, 0.5) is 0 Å². The molecule has 6 heteroatoms. The third-order valence-corrected chi connectivity index (χ3v) is 4.90. The fourth-order valence-corrected chi connectivity index (χ4v) is 3.37. The molecule has 136 valence electrons. The van der Waals surface area contributed by atoms with Crippen LogP contribution in [-0.4, -0.2) is 33.7 Å². The van der Waals surface area contributed by atoms with Gasteiger partial charge in [-0.3, -0.25) is 4.79 Å². The molecule has 0 bridgehead atoms. The monoisotopic (exact) mass is 360 g/mol. The van der Waals surface area contributed by atoms with Gasteiger partial charge in [0.25, 0.3) is 5.91 Å². The zero-order valence-corrected chi connectivity index (χ0v) is 15.1. The smallest absolute Gasteiger partial charge is 0.257 e. The first kappa shape index (κ1) is 17.1. The Morgan fingerprint density at radius 3 is 2.56 bits per heavy atom. The third-order valence-electron chi connectivity index (χ3n) is 4.90. The van der Waals surface area contributed by atoms with E-state index in [9.17, 15) is 4.79 Å². The molecule has 2 aromatic heterocycles. The van der Waals surface area contributed by atoms with E-state index in [0.717, 1.165) is 11.4 Å². The lowest BCUT2D eigenvalue weighted by atomic mass is 9.98. The lowest BCUT2D eigenvalue weighted by Crippen LogP contribution is -2.38. The molecule has 1 aromatic carbocycles. The number of para-hydroxylation sites is 1. The van der Waals surface area contributed by atoms with Crippen molar-refractivity contribution in [2.75, 3.05) is 13.1 Å². The van der Waals surface area contributed by atoms with Crippen LogP contribution in [0.25, 0.3) is 17.1 Å². The van der Waals surface area contributed by atoms with E-state index >= 15 is 0 Å². The van der Waals surface area contributed by atoms with Gasteiger partial charge in [0.1, 0.15) is 11.5 Å². The molecule has 1 aliphatic heterocycles. The molecule has 3 aromatic rings. The molecule has 0 unspecified atom stereocenters. The third kappa shape index (κ3) is 3.36. The zero-order chi connectivity index (χ0) is 18.8. The van der Waals surface area contributed by atoms with Crippen LogP contribution in [0.15, 0.2) is 53.1 Å². The topological polar surface area (TPSA) is 75.1 Å². The summed E-state index contributed by atoms with van der Waals surface area (Å²) in [7, 11) is 0. The highest BCUT2D eigenvalue weighted by Crippen LogP contribution is 2.28. The normalized spacial score (nSPS) is 14.9. The molecule has 1 aliphatic rings. The van der Waals surface area contributed by atoms with Crippen LogP contribution in [0.5, 0.6) is 0 Å². The lowest BCUT2D eigenvalue weighted by Gasteiger charge is -2.29. The maximum atomic E-state index is 13.2. The first-order valence-electron chi connectivity index (χ1n) is 9.06. The molecular formula is C21H20N4O2. The highest BCUT2D eigenvalue weighted by Gasteiger charge is 2.28. The number of carbonyl (C=O) groups is 1. The fraction of sp³-hybridized carbons (Fsp3) is 0.286. The molecule has 0 aliphatic carbocycles. The van der Waals surface area contributed by atoms with Crippen molar-refractivity contribution >= 4 is 5.91 Å². The molecule has 0 radical (unpaired) electrons. The number of hydrogen-bond acceptors (Lipinski definition) is 4. The maximum Gasteiger partial charge on any atom is 0.257 e. The summed E-state index contributed by atoms with van der Waals surface area (Å²) in [5.41, 5.74) is 1.94. The molecule has 1 saturated heterocycles. The van der Waals surface area contributed by atoms with Gasteiger partial charge in [-0.15, -0.1) is 0 Å². The van der Waals surface area contributed by atoms with Gasteiger partial charge in [0.2, 0.25) is 0 Å². The second-order valence-electron chi connectivity index (χ2n) is 6.78. The van der Waals surface area contributed by atoms with E-state index in [1.165, 1.54) is 0 Å². The van der Waals surface area contributed by atoms with Gasteiger partial charge in [-0.05, 0) is 44.0 Å². The summed E-state index contributed by atoms with van der Waals surface area (Å²) in [6.07, 6.45) is 3.19. The molecule has 0 spiro atoms. The number of aromatic nitrogens is 2. The van der Waals surface area contributed by atoms with Crippen LogP contribution in [0.3, 0.4) is 0 Å². The Balaban J connectivity index is 1.71. The average Bonchev–Trinajstić information content (AvgIpc) is 3.34. The standard InChI is InChI=1S/C21H20N4O2/c1-15-7-8-19(27-15)20-18(14-25(23-20)17-5-3-2-4-6-17)21(26)24-11-9-16(13-22)10-12-24/h2-8,14,16H,9-12H2,1H3. The Kier molecular flexibility index (Phi) is 4.51. The molecule has 6 nitrogen and oxygen atoms in total. The lowest BCUT2D eigenvalue weighted by molar-refractivity contribution is 0.0708. The van der Waals surface area contributed by atoms with Crippen molar-refractivity contribution in [2.24, 2.45) is 5.92 Å². The molecule has 27 heavy (non-hydrogen) atoms. The van der Waals surface area contributed by atoms with Crippen molar-refractivity contribution in [1.82, 2.24) is 14.7 Å². The van der Waals surface area contributed by atoms with Crippen molar-refractivity contribution in [3.8, 4) is 23.2 Å². The highest BCUT2D eigenvalue weighted by atomic mass is 16.3. The number of piperidine rings is 1. The molecule has 3 heterocycles. The van der Waals surface area contributed by atoms with Crippen molar-refractivity contribution < 1.29 is 9.21 Å². The largest absolute Gasteiger partial charge is 0.460 e. The van der Waals surface area contributed by atoms with Gasteiger partial charge in [0, 0.05) is 25.2 Å². The number of nitrogens with zero attached hydrogens (tertiary/aromatic N) is 4. The number of likely N-dealkylation sites (tertiary alicyclic amines) is 1. The fourth-order valence-electron chi connectivity index (χ4n) is 3.37. The van der Waals surface area contributed by atoms with E-state index in [0.29, 0.717) is 42.9 Å². The van der Waals surface area contributed by atoms with Crippen molar-refractivity contribution in [3.63, 3.8) is 0 Å². The molecule has 1 amide bonds. The highest BCUT2D eigenvalue weighted by molar-refractivity contribution is 5.99. The van der Waals surface area contributed by atoms with E-state index < -0.39 is 0 Å². The number of rotatable bonds is 3. The van der Waals surface area contributed by atoms with Gasteiger partial charge in [0.15, 0.2) is 5.76 Å². The minimum atomic E-state index is -0.0716. The first-order chi connectivity index (χ1) is 13.2. The molecule has 0 saturated carbocycles. The van der Waals surface area contributed by atoms with Crippen LogP contribution < -0.4 is 0 Å². The minimum Gasteiger partial charge on any atom is -0.460 e. The van der Waals surface area contributed by atoms with Crippen LogP contribution in [0.2, 0.25) is 0 Å². The van der Waals surface area contributed by atoms with Crippen LogP contribution in [0.1, 0.15) is 29.0 Å². The first-order valence-corrected chi connectivity index (χ1v) is 9.06. The van der Waals surface area contributed by atoms with E-state index in [2.05, 4.69) is 11.2 Å². The van der Waals surface area contributed by atoms with Crippen LogP contribution >= 0.6 is 0 Å². The quantitative estimate of drug-likeness (QED) is 0.712. The van der Waals surface area contributed by atoms with E-state index in [1.807, 2.05) is 49.4 Å². The predicted molar refractivity (Wildman–Crippen MR) is 100 cm³/mol. The summed E-state index contributed by atoms with van der Waals surface area (Å²) in [6.45, 7) is 3.04. The number of benzene rings is 1. The number of carbonyl (C=O) groups excluding carboxylic acids is 1. The Hall–Kier alpha value is -3.33. The zero-order valence-electron chi connectivity index (χ0n) is 15.1. The SMILES string of the molecule is Cc1ccc(-c2nn(-c3ccccc3)cc2C(=O)N2CCC(C#N)CC2)o1. The molecular weight excluding hydrogens is 340 g/mol. The van der Waals surface area contributed by atoms with E-state index in [1.54, 1.807) is 15.8 Å². The summed E-state index contributed by atoms with van der Waals surface area (Å²) in [5, 5.41) is 13.7. The Morgan fingerprint density at radius 1 is 1.19 bits per heavy atom. The summed E-state index contributed by atoms with van der Waals surface area (Å²) < 4.78 is 7.45. The number of nitriles is 1. The van der Waals surface area contributed by atoms with Gasteiger partial charge >= 0.3 is 0 Å². The number of furan rings is 1. The van der Waals surface area contributed by atoms with E-state index in [-0.39, 0.29) is 11.8 Å². The Labute approximate surface area is 157 Å². The number of aryl methyl sites for hydroxylation is 1. The summed E-state index contributed by atoms with van der Waals surface area (Å²) >= 11 is 0. The van der Waals surface area contributed by atoms with Gasteiger partial charge in [0.05, 0.1) is 17.3 Å². The summed E-state index contributed by atoms with van der Waals surface area (Å²) in [5.74, 6) is 1.32. The average molecular weight is 360 g/mol.